The minimum Gasteiger partial charge on any atom is -0.497 e. The van der Waals surface area contributed by atoms with E-state index in [9.17, 15) is 0 Å². The van der Waals surface area contributed by atoms with Crippen LogP contribution in [0.5, 0.6) is 5.75 Å². The van der Waals surface area contributed by atoms with Crippen LogP contribution < -0.4 is 4.74 Å². The van der Waals surface area contributed by atoms with E-state index in [1.807, 2.05) is 0 Å². The van der Waals surface area contributed by atoms with Crippen molar-refractivity contribution in [2.45, 2.75) is 51.4 Å². The van der Waals surface area contributed by atoms with Gasteiger partial charge in [0.25, 0.3) is 0 Å². The molecule has 1 aromatic rings. The van der Waals surface area contributed by atoms with Crippen LogP contribution in [0.1, 0.15) is 56.9 Å². The van der Waals surface area contributed by atoms with E-state index in [2.05, 4.69) is 31.2 Å². The molecule has 0 amide bonds. The van der Waals surface area contributed by atoms with Crippen molar-refractivity contribution in [2.75, 3.05) is 7.11 Å². The summed E-state index contributed by atoms with van der Waals surface area (Å²) < 4.78 is 5.25. The first-order valence-electron chi connectivity index (χ1n) is 7.90. The van der Waals surface area contributed by atoms with Gasteiger partial charge in [-0.1, -0.05) is 25.5 Å². The lowest BCUT2D eigenvalue weighted by atomic mass is 9.64. The molecule has 0 spiro atoms. The molecule has 0 heterocycles. The molecule has 4 atom stereocenters. The second-order valence-corrected chi connectivity index (χ2v) is 6.72. The van der Waals surface area contributed by atoms with Crippen molar-refractivity contribution in [3.63, 3.8) is 0 Å². The number of benzene rings is 1. The van der Waals surface area contributed by atoms with Crippen LogP contribution in [0.3, 0.4) is 0 Å². The summed E-state index contributed by atoms with van der Waals surface area (Å²) in [5, 5.41) is 0. The fourth-order valence-corrected chi connectivity index (χ4v) is 4.30. The van der Waals surface area contributed by atoms with Crippen molar-refractivity contribution in [3.8, 4) is 5.75 Å². The smallest absolute Gasteiger partial charge is 0.118 e. The number of hydrogen-bond donors (Lipinski definition) is 0. The molecule has 1 heteroatoms. The topological polar surface area (TPSA) is 9.23 Å². The molecule has 104 valence electrons. The predicted octanol–water partition coefficient (Wildman–Crippen LogP) is 5.02. The van der Waals surface area contributed by atoms with E-state index < -0.39 is 0 Å². The van der Waals surface area contributed by atoms with Crippen molar-refractivity contribution in [1.29, 1.82) is 0 Å². The molecule has 2 fully saturated rings. The van der Waals surface area contributed by atoms with E-state index in [1.54, 1.807) is 7.11 Å². The van der Waals surface area contributed by atoms with E-state index in [0.29, 0.717) is 0 Å². The van der Waals surface area contributed by atoms with Gasteiger partial charge in [-0.3, -0.25) is 0 Å². The molecule has 4 unspecified atom stereocenters. The number of fused-ring (bicyclic) bond motifs is 1. The third-order valence-electron chi connectivity index (χ3n) is 5.46. The maximum Gasteiger partial charge on any atom is 0.118 e. The lowest BCUT2D eigenvalue weighted by Crippen LogP contribution is -2.29. The van der Waals surface area contributed by atoms with Crippen molar-refractivity contribution in [3.05, 3.63) is 29.8 Å². The molecule has 0 N–H and O–H groups in total. The first kappa shape index (κ1) is 13.0. The molecule has 0 aromatic heterocycles. The van der Waals surface area contributed by atoms with Crippen LogP contribution in [0.15, 0.2) is 24.3 Å². The van der Waals surface area contributed by atoms with Gasteiger partial charge in [0.15, 0.2) is 0 Å². The Morgan fingerprint density at radius 2 is 1.58 bits per heavy atom. The second-order valence-electron chi connectivity index (χ2n) is 6.72. The summed E-state index contributed by atoms with van der Waals surface area (Å²) in [4.78, 5) is 0. The molecule has 0 radical (unpaired) electrons. The Hall–Kier alpha value is -0.980. The highest BCUT2D eigenvalue weighted by molar-refractivity contribution is 5.29. The lowest BCUT2D eigenvalue weighted by molar-refractivity contribution is 0.124. The molecule has 19 heavy (non-hydrogen) atoms. The molecule has 2 aliphatic carbocycles. The molecule has 0 saturated heterocycles. The Labute approximate surface area is 117 Å². The molecule has 1 aromatic carbocycles. The maximum absolute atomic E-state index is 5.25. The van der Waals surface area contributed by atoms with Gasteiger partial charge in [-0.05, 0) is 73.5 Å². The zero-order valence-corrected chi connectivity index (χ0v) is 12.3. The third-order valence-corrected chi connectivity index (χ3v) is 5.46. The van der Waals surface area contributed by atoms with Gasteiger partial charge in [-0.15, -0.1) is 0 Å². The van der Waals surface area contributed by atoms with Crippen LogP contribution >= 0.6 is 0 Å². The first-order chi connectivity index (χ1) is 9.26. The summed E-state index contributed by atoms with van der Waals surface area (Å²) >= 11 is 0. The van der Waals surface area contributed by atoms with E-state index in [0.717, 1.165) is 29.4 Å². The van der Waals surface area contributed by atoms with Gasteiger partial charge >= 0.3 is 0 Å². The van der Waals surface area contributed by atoms with Gasteiger partial charge in [0.1, 0.15) is 5.75 Å². The summed E-state index contributed by atoms with van der Waals surface area (Å²) in [6.07, 6.45) is 8.67. The highest BCUT2D eigenvalue weighted by Crippen LogP contribution is 2.47. The highest BCUT2D eigenvalue weighted by Gasteiger charge is 2.34. The van der Waals surface area contributed by atoms with E-state index in [4.69, 9.17) is 4.74 Å². The number of hydrogen-bond acceptors (Lipinski definition) is 1. The highest BCUT2D eigenvalue weighted by atomic mass is 16.5. The third kappa shape index (κ3) is 2.80. The standard InChI is InChI=1S/C18H26O/c1-13-3-4-17-12-16(6-5-15(17)11-13)14-7-9-18(19-2)10-8-14/h7-10,13,15-17H,3-6,11-12H2,1-2H3. The van der Waals surface area contributed by atoms with E-state index in [-0.39, 0.29) is 0 Å². The van der Waals surface area contributed by atoms with E-state index in [1.165, 1.54) is 44.1 Å². The zero-order valence-electron chi connectivity index (χ0n) is 12.3. The molecular formula is C18H26O. The average Bonchev–Trinajstić information content (AvgIpc) is 2.47. The van der Waals surface area contributed by atoms with Crippen LogP contribution in [-0.4, -0.2) is 7.11 Å². The zero-order chi connectivity index (χ0) is 13.2. The molecule has 2 saturated carbocycles. The SMILES string of the molecule is COc1ccc(C2CCC3CC(C)CCC3C2)cc1. The van der Waals surface area contributed by atoms with Crippen molar-refractivity contribution >= 4 is 0 Å². The van der Waals surface area contributed by atoms with Gasteiger partial charge in [-0.25, -0.2) is 0 Å². The maximum atomic E-state index is 5.25. The largest absolute Gasteiger partial charge is 0.497 e. The van der Waals surface area contributed by atoms with Crippen LogP contribution in [0.25, 0.3) is 0 Å². The molecule has 2 aliphatic rings. The monoisotopic (exact) mass is 258 g/mol. The van der Waals surface area contributed by atoms with Gasteiger partial charge in [0.05, 0.1) is 7.11 Å². The van der Waals surface area contributed by atoms with Gasteiger partial charge in [-0.2, -0.15) is 0 Å². The normalized spacial score (nSPS) is 34.6. The van der Waals surface area contributed by atoms with Crippen LogP contribution in [0.2, 0.25) is 0 Å². The molecular weight excluding hydrogens is 232 g/mol. The fourth-order valence-electron chi connectivity index (χ4n) is 4.30. The predicted molar refractivity (Wildman–Crippen MR) is 79.6 cm³/mol. The van der Waals surface area contributed by atoms with Gasteiger partial charge in [0.2, 0.25) is 0 Å². The molecule has 0 aliphatic heterocycles. The summed E-state index contributed by atoms with van der Waals surface area (Å²) in [6, 6.07) is 8.78. The summed E-state index contributed by atoms with van der Waals surface area (Å²) in [6.45, 7) is 2.44. The Bertz CT molecular complexity index is 408. The van der Waals surface area contributed by atoms with Crippen LogP contribution in [0.4, 0.5) is 0 Å². The van der Waals surface area contributed by atoms with Gasteiger partial charge in [0, 0.05) is 0 Å². The molecule has 3 rings (SSSR count). The molecule has 1 nitrogen and oxygen atoms in total. The Morgan fingerprint density at radius 1 is 0.895 bits per heavy atom. The number of rotatable bonds is 2. The average molecular weight is 258 g/mol. The Kier molecular flexibility index (Phi) is 3.81. The summed E-state index contributed by atoms with van der Waals surface area (Å²) in [5.41, 5.74) is 1.53. The van der Waals surface area contributed by atoms with E-state index >= 15 is 0 Å². The van der Waals surface area contributed by atoms with Crippen LogP contribution in [0, 0.1) is 17.8 Å². The van der Waals surface area contributed by atoms with Gasteiger partial charge < -0.3 is 4.74 Å². The quantitative estimate of drug-likeness (QED) is 0.724. The Morgan fingerprint density at radius 3 is 2.32 bits per heavy atom. The minimum atomic E-state index is 0.792. The van der Waals surface area contributed by atoms with Crippen molar-refractivity contribution < 1.29 is 4.74 Å². The summed E-state index contributed by atoms with van der Waals surface area (Å²) in [5.74, 6) is 4.76. The first-order valence-corrected chi connectivity index (χ1v) is 7.90. The Balaban J connectivity index is 1.67. The van der Waals surface area contributed by atoms with Crippen LogP contribution in [-0.2, 0) is 0 Å². The number of ether oxygens (including phenoxy) is 1. The lowest BCUT2D eigenvalue weighted by Gasteiger charge is -2.41. The van der Waals surface area contributed by atoms with Crippen molar-refractivity contribution in [2.24, 2.45) is 17.8 Å². The molecule has 0 bridgehead atoms. The van der Waals surface area contributed by atoms with Crippen molar-refractivity contribution in [1.82, 2.24) is 0 Å². The second kappa shape index (κ2) is 5.56. The fraction of sp³-hybridized carbons (Fsp3) is 0.667. The summed E-state index contributed by atoms with van der Waals surface area (Å²) in [7, 11) is 1.74. The minimum absolute atomic E-state index is 0.792. The number of methoxy groups -OCH3 is 1.